The molecule has 0 radical (unpaired) electrons. The summed E-state index contributed by atoms with van der Waals surface area (Å²) in [5, 5.41) is 0. The van der Waals surface area contributed by atoms with Crippen LogP contribution in [0.2, 0.25) is 0 Å². The molecule has 0 nitrogen and oxygen atoms in total. The van der Waals surface area contributed by atoms with E-state index < -0.39 is 35.9 Å². The normalized spacial score (nSPS) is 14.7. The molecule has 0 atom stereocenters. The Balaban J connectivity index is 6.19. The molecule has 0 rings (SSSR count). The van der Waals surface area contributed by atoms with Gasteiger partial charge in [0.25, 0.3) is 0 Å². The fraction of sp³-hybridized carbons (Fsp3) is 0.667. The van der Waals surface area contributed by atoms with Crippen LogP contribution in [0.4, 0.5) is 52.7 Å². The molecule has 0 saturated carbocycles. The number of allylic oxidation sites excluding steroid dienone is 1. The van der Waals surface area contributed by atoms with E-state index in [1.807, 2.05) is 0 Å². The molecule has 0 aliphatic carbocycles. The second-order valence-electron chi connectivity index (χ2n) is 2.80. The highest BCUT2D eigenvalue weighted by Gasteiger charge is 2.86. The third-order valence-electron chi connectivity index (χ3n) is 1.66. The second kappa shape index (κ2) is 4.23. The summed E-state index contributed by atoms with van der Waals surface area (Å²) in [7, 11) is 0. The lowest BCUT2D eigenvalue weighted by Crippen LogP contribution is -2.64. The molecular weight excluding hydrogens is 300 g/mol. The number of alkyl halides is 9. The quantitative estimate of drug-likeness (QED) is 0.657. The first-order valence-electron chi connectivity index (χ1n) is 3.52. The lowest BCUT2D eigenvalue weighted by atomic mass is 9.95. The molecule has 0 heterocycles. The van der Waals surface area contributed by atoms with E-state index in [-0.39, 0.29) is 0 Å². The first kappa shape index (κ1) is 16.9. The molecule has 0 amide bonds. The van der Waals surface area contributed by atoms with Gasteiger partial charge in [-0.05, 0) is 0 Å². The van der Waals surface area contributed by atoms with Crippen LogP contribution in [0, 0.1) is 0 Å². The molecule has 12 heteroatoms. The van der Waals surface area contributed by atoms with Gasteiger partial charge in [0, 0.05) is 0 Å². The SMILES string of the molecule is FC(F)=C(F)C(F)(F)C(F)(C(F)(F)F)C(F)(F)F. The molecule has 0 bridgehead atoms. The van der Waals surface area contributed by atoms with Crippen LogP contribution in [0.1, 0.15) is 0 Å². The average molecular weight is 300 g/mol. The van der Waals surface area contributed by atoms with Gasteiger partial charge in [-0.3, -0.25) is 0 Å². The average Bonchev–Trinajstić information content (AvgIpc) is 2.11. The standard InChI is InChI=1S/C6F12/c7-1(2(8)9)3(10,11)4(12,5(13,14)15)6(16,17)18. The van der Waals surface area contributed by atoms with Gasteiger partial charge in [0.2, 0.25) is 5.83 Å². The Morgan fingerprint density at radius 3 is 1.00 bits per heavy atom. The Bertz CT molecular complexity index is 325. The van der Waals surface area contributed by atoms with Gasteiger partial charge in [-0.1, -0.05) is 0 Å². The van der Waals surface area contributed by atoms with Crippen molar-refractivity contribution in [1.29, 1.82) is 0 Å². The van der Waals surface area contributed by atoms with Crippen molar-refractivity contribution >= 4 is 0 Å². The summed E-state index contributed by atoms with van der Waals surface area (Å²) in [6.45, 7) is 0. The van der Waals surface area contributed by atoms with Crippen molar-refractivity contribution in [1.82, 2.24) is 0 Å². The number of hydrogen-bond acceptors (Lipinski definition) is 0. The molecule has 18 heavy (non-hydrogen) atoms. The second-order valence-corrected chi connectivity index (χ2v) is 2.80. The van der Waals surface area contributed by atoms with E-state index >= 15 is 0 Å². The number of hydrogen-bond donors (Lipinski definition) is 0. The fourth-order valence-corrected chi connectivity index (χ4v) is 0.787. The van der Waals surface area contributed by atoms with Gasteiger partial charge in [-0.25, -0.2) is 4.39 Å². The third kappa shape index (κ3) is 2.23. The molecular formula is C6F12. The zero-order valence-corrected chi connectivity index (χ0v) is 7.54. The molecule has 0 aliphatic heterocycles. The molecule has 0 aromatic carbocycles. The third-order valence-corrected chi connectivity index (χ3v) is 1.66. The molecule has 0 fully saturated rings. The van der Waals surface area contributed by atoms with Gasteiger partial charge in [0.1, 0.15) is 0 Å². The highest BCUT2D eigenvalue weighted by atomic mass is 19.4. The predicted octanol–water partition coefficient (Wildman–Crippen LogP) is 4.53. The summed E-state index contributed by atoms with van der Waals surface area (Å²) in [6.07, 6.45) is -18.9. The van der Waals surface area contributed by atoms with E-state index in [0.29, 0.717) is 0 Å². The maximum atomic E-state index is 12.6. The Labute approximate surface area is 89.9 Å². The molecule has 0 aromatic rings. The van der Waals surface area contributed by atoms with Gasteiger partial charge in [0.15, 0.2) is 0 Å². The van der Waals surface area contributed by atoms with Crippen LogP contribution in [-0.2, 0) is 0 Å². The number of halogens is 12. The summed E-state index contributed by atoms with van der Waals surface area (Å²) in [4.78, 5) is 0. The number of rotatable bonds is 2. The molecule has 0 spiro atoms. The summed E-state index contributed by atoms with van der Waals surface area (Å²) < 4.78 is 142. The lowest BCUT2D eigenvalue weighted by molar-refractivity contribution is -0.391. The molecule has 0 N–H and O–H groups in total. The van der Waals surface area contributed by atoms with Crippen LogP contribution in [0.3, 0.4) is 0 Å². The van der Waals surface area contributed by atoms with Crippen molar-refractivity contribution in [3.63, 3.8) is 0 Å². The van der Waals surface area contributed by atoms with Crippen molar-refractivity contribution < 1.29 is 52.7 Å². The van der Waals surface area contributed by atoms with Crippen LogP contribution in [0.15, 0.2) is 11.9 Å². The van der Waals surface area contributed by atoms with Crippen molar-refractivity contribution in [3.05, 3.63) is 11.9 Å². The van der Waals surface area contributed by atoms with E-state index in [4.69, 9.17) is 0 Å². The molecule has 0 unspecified atom stereocenters. The Kier molecular flexibility index (Phi) is 3.97. The van der Waals surface area contributed by atoms with Gasteiger partial charge in [0.05, 0.1) is 0 Å². The largest absolute Gasteiger partial charge is 0.438 e. The van der Waals surface area contributed by atoms with Crippen LogP contribution in [0.25, 0.3) is 0 Å². The summed E-state index contributed by atoms with van der Waals surface area (Å²) >= 11 is 0. The monoisotopic (exact) mass is 300 g/mol. The van der Waals surface area contributed by atoms with Gasteiger partial charge in [-0.15, -0.1) is 0 Å². The van der Waals surface area contributed by atoms with Crippen molar-refractivity contribution in [2.45, 2.75) is 23.9 Å². The Morgan fingerprint density at radius 2 is 0.833 bits per heavy atom. The highest BCUT2D eigenvalue weighted by molar-refractivity contribution is 5.19. The molecule has 0 aliphatic rings. The first-order chi connectivity index (χ1) is 7.60. The predicted molar refractivity (Wildman–Crippen MR) is 31.2 cm³/mol. The minimum Gasteiger partial charge on any atom is -0.216 e. The van der Waals surface area contributed by atoms with E-state index in [1.54, 1.807) is 0 Å². The fourth-order valence-electron chi connectivity index (χ4n) is 0.787. The molecule has 0 aromatic heterocycles. The van der Waals surface area contributed by atoms with E-state index in [1.165, 1.54) is 0 Å². The summed E-state index contributed by atoms with van der Waals surface area (Å²) in [5.41, 5.74) is -7.47. The van der Waals surface area contributed by atoms with Gasteiger partial charge in [-0.2, -0.15) is 48.3 Å². The maximum Gasteiger partial charge on any atom is 0.438 e. The van der Waals surface area contributed by atoms with Crippen molar-refractivity contribution in [3.8, 4) is 0 Å². The van der Waals surface area contributed by atoms with Crippen molar-refractivity contribution in [2.24, 2.45) is 0 Å². The minimum atomic E-state index is -7.47. The van der Waals surface area contributed by atoms with Gasteiger partial charge >= 0.3 is 30.0 Å². The smallest absolute Gasteiger partial charge is 0.216 e. The van der Waals surface area contributed by atoms with Crippen LogP contribution in [-0.4, -0.2) is 23.9 Å². The van der Waals surface area contributed by atoms with Gasteiger partial charge < -0.3 is 0 Å². The zero-order chi connectivity index (χ0) is 15.2. The molecule has 108 valence electrons. The Hall–Kier alpha value is -1.10. The molecule has 0 saturated heterocycles. The van der Waals surface area contributed by atoms with Crippen LogP contribution in [0.5, 0.6) is 0 Å². The Morgan fingerprint density at radius 1 is 0.556 bits per heavy atom. The topological polar surface area (TPSA) is 0 Å². The van der Waals surface area contributed by atoms with E-state index in [2.05, 4.69) is 0 Å². The zero-order valence-electron chi connectivity index (χ0n) is 7.54. The maximum absolute atomic E-state index is 12.6. The van der Waals surface area contributed by atoms with Crippen LogP contribution < -0.4 is 0 Å². The van der Waals surface area contributed by atoms with E-state index in [9.17, 15) is 52.7 Å². The summed E-state index contributed by atoms with van der Waals surface area (Å²) in [5.74, 6) is -11.6. The first-order valence-corrected chi connectivity index (χ1v) is 3.52. The summed E-state index contributed by atoms with van der Waals surface area (Å²) in [6, 6.07) is 0. The lowest BCUT2D eigenvalue weighted by Gasteiger charge is -2.34. The van der Waals surface area contributed by atoms with Crippen LogP contribution >= 0.6 is 0 Å². The van der Waals surface area contributed by atoms with E-state index in [0.717, 1.165) is 0 Å². The minimum absolute atomic E-state index is 4.20. The highest BCUT2D eigenvalue weighted by Crippen LogP contribution is 2.57. The van der Waals surface area contributed by atoms with Crippen molar-refractivity contribution in [2.75, 3.05) is 0 Å².